The number of halogens is 4. The zero-order valence-electron chi connectivity index (χ0n) is 8.40. The van der Waals surface area contributed by atoms with Crippen molar-refractivity contribution >= 4 is 0 Å². The Labute approximate surface area is 153 Å². The van der Waals surface area contributed by atoms with E-state index in [1.54, 1.807) is 0 Å². The maximum atomic E-state index is 8.62. The molecule has 0 aliphatic rings. The minimum atomic E-state index is -5.94. The molecule has 0 unspecified atom stereocenters. The molecule has 21 heteroatoms. The van der Waals surface area contributed by atoms with Crippen LogP contribution in [0.15, 0.2) is 0 Å². The van der Waals surface area contributed by atoms with Gasteiger partial charge in [0.25, 0.3) is 0 Å². The largest absolute Gasteiger partial charge is 4.00 e. The average Bonchev–Trinajstić information content (AvgIpc) is 1.62. The first-order valence-electron chi connectivity index (χ1n) is 2.47. The Morgan fingerprint density at radius 2 is 0.238 bits per heavy atom. The zero-order chi connectivity index (χ0) is 18.0. The van der Waals surface area contributed by atoms with Gasteiger partial charge in [0, 0.05) is 0 Å². The second kappa shape index (κ2) is 15.2. The van der Waals surface area contributed by atoms with Crippen LogP contribution >= 0.6 is 0 Å². The van der Waals surface area contributed by atoms with E-state index in [1.807, 2.05) is 0 Å². The van der Waals surface area contributed by atoms with Crippen molar-refractivity contribution in [2.45, 2.75) is 0 Å². The van der Waals surface area contributed by atoms with Crippen LogP contribution in [0.25, 0.3) is 0 Å². The molecule has 0 aromatic rings. The molecule has 0 amide bonds. The molecule has 132 valence electrons. The summed E-state index contributed by atoms with van der Waals surface area (Å²) in [6, 6.07) is 0. The standard InChI is InChI=1S/4IO4.Os/c4*2-1(3,4)5;/q4*-1;+4. The Hall–Kier alpha value is 2.92. The van der Waals surface area contributed by atoms with Gasteiger partial charge in [0.1, 0.15) is 80.4 Å². The maximum absolute atomic E-state index is 8.62. The Balaban J connectivity index is -0.0000000533. The summed E-state index contributed by atoms with van der Waals surface area (Å²) in [4.78, 5) is 0. The van der Waals surface area contributed by atoms with Gasteiger partial charge in [0.15, 0.2) is 0 Å². The summed E-state index contributed by atoms with van der Waals surface area (Å²) in [5.74, 6) is 0. The molecule has 0 spiro atoms. The summed E-state index contributed by atoms with van der Waals surface area (Å²) >= 11 is -23.8. The quantitative estimate of drug-likeness (QED) is 0.204. The predicted octanol–water partition coefficient (Wildman–Crippen LogP) is -31.0. The van der Waals surface area contributed by atoms with E-state index in [2.05, 4.69) is 0 Å². The predicted molar refractivity (Wildman–Crippen MR) is 0 cm³/mol. The van der Waals surface area contributed by atoms with Crippen LogP contribution in [0.3, 0.4) is 0 Å². The summed E-state index contributed by atoms with van der Waals surface area (Å²) in [6.45, 7) is 0. The summed E-state index contributed by atoms with van der Waals surface area (Å²) in [7, 11) is 0. The van der Waals surface area contributed by atoms with Crippen molar-refractivity contribution in [3.63, 3.8) is 0 Å². The minimum Gasteiger partial charge on any atom is -0.286 e. The second-order valence-corrected chi connectivity index (χ2v) is 10.1. The minimum absolute atomic E-state index is 0. The van der Waals surface area contributed by atoms with Gasteiger partial charge in [-0.2, -0.15) is 0 Å². The smallest absolute Gasteiger partial charge is 0.286 e. The van der Waals surface area contributed by atoms with Gasteiger partial charge in [-0.25, -0.2) is 0 Å². The van der Waals surface area contributed by atoms with Crippen molar-refractivity contribution in [2.75, 3.05) is 0 Å². The molecule has 0 radical (unpaired) electrons. The van der Waals surface area contributed by atoms with Crippen LogP contribution in [-0.2, 0) is 19.8 Å². The Bertz CT molecular complexity index is 130. The van der Waals surface area contributed by atoms with E-state index in [0.717, 1.165) is 0 Å². The van der Waals surface area contributed by atoms with Crippen molar-refractivity contribution in [2.24, 2.45) is 0 Å². The maximum Gasteiger partial charge on any atom is 4.00 e. The molecule has 0 aromatic carbocycles. The molecule has 0 saturated heterocycles. The molecule has 0 bridgehead atoms. The SMILES string of the molecule is [O-][I+3]([O-])([O-])[O-].[O-][I+3]([O-])([O-])[O-].[O-][I+3]([O-])([O-])[O-].[O-][I+3]([O-])([O-])[O-].[Os+4]. The Kier molecular flexibility index (Phi) is 25.4. The monoisotopic (exact) mass is 955 g/mol. The third-order valence-electron chi connectivity index (χ3n) is 0. The molecule has 16 nitrogen and oxygen atoms in total. The van der Waals surface area contributed by atoms with Gasteiger partial charge in [-0.15, -0.1) is 0 Å². The third-order valence-corrected chi connectivity index (χ3v) is 0. The molecule has 0 heterocycles. The van der Waals surface area contributed by atoms with Gasteiger partial charge in [-0.1, -0.05) is 0 Å². The second-order valence-electron chi connectivity index (χ2n) is 1.51. The van der Waals surface area contributed by atoms with E-state index in [4.69, 9.17) is 55.0 Å². The molecule has 0 saturated carbocycles. The van der Waals surface area contributed by atoms with Crippen molar-refractivity contribution in [3.05, 3.63) is 0 Å². The molecular weight excluding hydrogens is 954 g/mol. The van der Waals surface area contributed by atoms with Crippen molar-refractivity contribution in [1.29, 1.82) is 0 Å². The molecule has 21 heavy (non-hydrogen) atoms. The number of rotatable bonds is 0. The van der Waals surface area contributed by atoms with E-state index in [9.17, 15) is 0 Å². The molecular formula is I4O16Os. The first-order chi connectivity index (χ1) is 8.00. The summed E-state index contributed by atoms with van der Waals surface area (Å²) < 4.78 is 138. The summed E-state index contributed by atoms with van der Waals surface area (Å²) in [5.41, 5.74) is 0. The van der Waals surface area contributed by atoms with Gasteiger partial charge < -0.3 is 0 Å². The van der Waals surface area contributed by atoms with Gasteiger partial charge >= 0.3 is 19.8 Å². The summed E-state index contributed by atoms with van der Waals surface area (Å²) in [6.07, 6.45) is 0. The molecule has 0 fully saturated rings. The molecule has 0 aliphatic carbocycles. The van der Waals surface area contributed by atoms with Crippen LogP contribution in [0.1, 0.15) is 0 Å². The van der Waals surface area contributed by atoms with Crippen LogP contribution in [0, 0.1) is 0 Å². The first-order valence-corrected chi connectivity index (χ1v) is 16.6. The zero-order valence-corrected chi connectivity index (χ0v) is 19.6. The van der Waals surface area contributed by atoms with E-state index in [0.29, 0.717) is 0 Å². The summed E-state index contributed by atoms with van der Waals surface area (Å²) in [5, 5.41) is 0. The fourth-order valence-electron chi connectivity index (χ4n) is 0. The first kappa shape index (κ1) is 35.1. The van der Waals surface area contributed by atoms with E-state index in [1.165, 1.54) is 0 Å². The van der Waals surface area contributed by atoms with Crippen LogP contribution in [0.4, 0.5) is 0 Å². The topological polar surface area (TPSA) is 369 Å². The van der Waals surface area contributed by atoms with Crippen LogP contribution in [-0.4, -0.2) is 0 Å². The van der Waals surface area contributed by atoms with E-state index in [-0.39, 0.29) is 19.8 Å². The molecule has 0 N–H and O–H groups in total. The third kappa shape index (κ3) is 1180. The van der Waals surface area contributed by atoms with Crippen LogP contribution in [0.5, 0.6) is 0 Å². The van der Waals surface area contributed by atoms with Gasteiger partial charge in [-0.3, -0.25) is 55.0 Å². The van der Waals surface area contributed by atoms with E-state index < -0.39 is 80.4 Å². The van der Waals surface area contributed by atoms with Crippen molar-refractivity contribution < 1.29 is 155 Å². The number of hydrogen-bond donors (Lipinski definition) is 0. The average molecular weight is 954 g/mol. The number of hydrogen-bond acceptors (Lipinski definition) is 16. The van der Waals surface area contributed by atoms with Gasteiger partial charge in [0.2, 0.25) is 0 Å². The van der Waals surface area contributed by atoms with Crippen LogP contribution < -0.4 is 135 Å². The molecule has 0 aromatic heterocycles. The molecule has 0 atom stereocenters. The Morgan fingerprint density at radius 3 is 0.238 bits per heavy atom. The normalized spacial score (nSPS) is 11.4. The van der Waals surface area contributed by atoms with Gasteiger partial charge in [-0.05, 0) is 0 Å². The van der Waals surface area contributed by atoms with Crippen molar-refractivity contribution in [3.8, 4) is 0 Å². The van der Waals surface area contributed by atoms with E-state index >= 15 is 0 Å². The molecule has 0 aliphatic heterocycles. The van der Waals surface area contributed by atoms with Crippen LogP contribution in [0.2, 0.25) is 0 Å². The fraction of sp³-hybridized carbons (Fsp3) is 0. The Morgan fingerprint density at radius 1 is 0.238 bits per heavy atom. The fourth-order valence-corrected chi connectivity index (χ4v) is 0. The van der Waals surface area contributed by atoms with Gasteiger partial charge in [0.05, 0.1) is 0 Å². The van der Waals surface area contributed by atoms with Crippen molar-refractivity contribution in [1.82, 2.24) is 0 Å². The molecule has 0 rings (SSSR count).